The van der Waals surface area contributed by atoms with E-state index in [0.717, 1.165) is 0 Å². The maximum Gasteiger partial charge on any atom is 0.253 e. The Kier molecular flexibility index (Phi) is 4.30. The van der Waals surface area contributed by atoms with E-state index in [9.17, 15) is 9.18 Å². The summed E-state index contributed by atoms with van der Waals surface area (Å²) in [5, 5.41) is 5.68. The van der Waals surface area contributed by atoms with Crippen LogP contribution in [0.5, 0.6) is 0 Å². The highest BCUT2D eigenvalue weighted by atomic mass is 19.1. The number of carbonyl (C=O) groups is 1. The Morgan fingerprint density at radius 2 is 2.00 bits per heavy atom. The van der Waals surface area contributed by atoms with Crippen LogP contribution in [0.4, 0.5) is 15.8 Å². The quantitative estimate of drug-likeness (QED) is 0.900. The zero-order valence-electron chi connectivity index (χ0n) is 11.4. The van der Waals surface area contributed by atoms with Crippen molar-refractivity contribution in [3.05, 3.63) is 54.1 Å². The van der Waals surface area contributed by atoms with Crippen molar-refractivity contribution in [2.75, 3.05) is 5.32 Å². The maximum absolute atomic E-state index is 13.5. The molecule has 2 N–H and O–H groups in total. The minimum absolute atomic E-state index is 0.0469. The molecule has 0 saturated heterocycles. The number of rotatable bonds is 4. The number of carbonyl (C=O) groups excluding carboxylic acids is 1. The Morgan fingerprint density at radius 3 is 2.70 bits per heavy atom. The molecule has 4 nitrogen and oxygen atoms in total. The van der Waals surface area contributed by atoms with E-state index in [2.05, 4.69) is 15.6 Å². The molecule has 0 bridgehead atoms. The first kappa shape index (κ1) is 14.0. The van der Waals surface area contributed by atoms with Crippen LogP contribution in [0.25, 0.3) is 0 Å². The van der Waals surface area contributed by atoms with Crippen molar-refractivity contribution in [1.82, 2.24) is 10.3 Å². The molecule has 0 atom stereocenters. The Hall–Kier alpha value is -2.43. The fourth-order valence-electron chi connectivity index (χ4n) is 1.70. The number of amides is 1. The fraction of sp³-hybridized carbons (Fsp3) is 0.200. The average Bonchev–Trinajstić information content (AvgIpc) is 2.41. The molecule has 20 heavy (non-hydrogen) atoms. The average molecular weight is 273 g/mol. The molecule has 5 heteroatoms. The first-order valence-electron chi connectivity index (χ1n) is 6.33. The minimum Gasteiger partial charge on any atom is -0.352 e. The highest BCUT2D eigenvalue weighted by Gasteiger charge is 2.09. The Balaban J connectivity index is 2.18. The summed E-state index contributed by atoms with van der Waals surface area (Å²) >= 11 is 0. The molecule has 0 aliphatic carbocycles. The Morgan fingerprint density at radius 1 is 1.25 bits per heavy atom. The van der Waals surface area contributed by atoms with Crippen molar-refractivity contribution in [3.63, 3.8) is 0 Å². The highest BCUT2D eigenvalue weighted by molar-refractivity contribution is 5.95. The number of hydrogen-bond donors (Lipinski definition) is 2. The number of pyridine rings is 1. The van der Waals surface area contributed by atoms with Crippen LogP contribution < -0.4 is 10.6 Å². The van der Waals surface area contributed by atoms with Crippen LogP contribution in [-0.4, -0.2) is 16.9 Å². The molecule has 0 fully saturated rings. The number of benzene rings is 1. The van der Waals surface area contributed by atoms with E-state index >= 15 is 0 Å². The van der Waals surface area contributed by atoms with Gasteiger partial charge in [0.05, 0.1) is 23.1 Å². The van der Waals surface area contributed by atoms with Crippen molar-refractivity contribution < 1.29 is 9.18 Å². The van der Waals surface area contributed by atoms with Gasteiger partial charge in [-0.15, -0.1) is 0 Å². The van der Waals surface area contributed by atoms with E-state index < -0.39 is 0 Å². The van der Waals surface area contributed by atoms with Gasteiger partial charge in [-0.1, -0.05) is 12.1 Å². The van der Waals surface area contributed by atoms with Gasteiger partial charge in [-0.05, 0) is 32.0 Å². The van der Waals surface area contributed by atoms with E-state index in [4.69, 9.17) is 0 Å². The first-order chi connectivity index (χ1) is 9.56. The van der Waals surface area contributed by atoms with Crippen molar-refractivity contribution in [3.8, 4) is 0 Å². The van der Waals surface area contributed by atoms with Gasteiger partial charge < -0.3 is 10.6 Å². The monoisotopic (exact) mass is 273 g/mol. The number of aromatic nitrogens is 1. The zero-order chi connectivity index (χ0) is 14.5. The predicted octanol–water partition coefficient (Wildman–Crippen LogP) is 3.10. The molecule has 0 saturated carbocycles. The van der Waals surface area contributed by atoms with Gasteiger partial charge in [0.2, 0.25) is 0 Å². The van der Waals surface area contributed by atoms with Crippen molar-refractivity contribution in [2.45, 2.75) is 19.9 Å². The SMILES string of the molecule is CC(C)NC(=O)c1cncc(Nc2ccccc2F)c1. The fourth-order valence-corrected chi connectivity index (χ4v) is 1.70. The van der Waals surface area contributed by atoms with Gasteiger partial charge in [-0.2, -0.15) is 0 Å². The van der Waals surface area contributed by atoms with Crippen molar-refractivity contribution in [2.24, 2.45) is 0 Å². The van der Waals surface area contributed by atoms with Gasteiger partial charge in [0.1, 0.15) is 5.82 Å². The third-order valence-electron chi connectivity index (χ3n) is 2.57. The van der Waals surface area contributed by atoms with Crippen molar-refractivity contribution in [1.29, 1.82) is 0 Å². The lowest BCUT2D eigenvalue weighted by atomic mass is 10.2. The maximum atomic E-state index is 13.5. The molecular formula is C15H16FN3O. The summed E-state index contributed by atoms with van der Waals surface area (Å²) in [6.45, 7) is 3.76. The minimum atomic E-state index is -0.357. The predicted molar refractivity (Wildman–Crippen MR) is 76.5 cm³/mol. The molecule has 0 unspecified atom stereocenters. The van der Waals surface area contributed by atoms with Crippen LogP contribution in [0.15, 0.2) is 42.7 Å². The van der Waals surface area contributed by atoms with Crippen LogP contribution in [-0.2, 0) is 0 Å². The Labute approximate surface area is 117 Å². The van der Waals surface area contributed by atoms with Crippen LogP contribution in [0.3, 0.4) is 0 Å². The summed E-state index contributed by atoms with van der Waals surface area (Å²) in [6.07, 6.45) is 3.02. The number of hydrogen-bond acceptors (Lipinski definition) is 3. The van der Waals surface area contributed by atoms with Crippen LogP contribution >= 0.6 is 0 Å². The topological polar surface area (TPSA) is 54.0 Å². The molecule has 104 valence electrons. The third kappa shape index (κ3) is 3.54. The van der Waals surface area contributed by atoms with Gasteiger partial charge in [-0.3, -0.25) is 9.78 Å². The molecular weight excluding hydrogens is 257 g/mol. The second kappa shape index (κ2) is 6.14. The van der Waals surface area contributed by atoms with Crippen LogP contribution in [0, 0.1) is 5.82 Å². The van der Waals surface area contributed by atoms with E-state index in [-0.39, 0.29) is 17.8 Å². The largest absolute Gasteiger partial charge is 0.352 e. The molecule has 2 rings (SSSR count). The summed E-state index contributed by atoms with van der Waals surface area (Å²) in [5.74, 6) is -0.561. The second-order valence-corrected chi connectivity index (χ2v) is 4.70. The summed E-state index contributed by atoms with van der Waals surface area (Å²) < 4.78 is 13.5. The van der Waals surface area contributed by atoms with Crippen LogP contribution in [0.1, 0.15) is 24.2 Å². The first-order valence-corrected chi connectivity index (χ1v) is 6.33. The van der Waals surface area contributed by atoms with Gasteiger partial charge in [0.15, 0.2) is 0 Å². The van der Waals surface area contributed by atoms with Gasteiger partial charge >= 0.3 is 0 Å². The second-order valence-electron chi connectivity index (χ2n) is 4.70. The number of para-hydroxylation sites is 1. The van der Waals surface area contributed by atoms with Crippen LogP contribution in [0.2, 0.25) is 0 Å². The number of nitrogens with one attached hydrogen (secondary N) is 2. The normalized spacial score (nSPS) is 10.4. The zero-order valence-corrected chi connectivity index (χ0v) is 11.4. The van der Waals surface area contributed by atoms with Crippen molar-refractivity contribution >= 4 is 17.3 Å². The molecule has 1 amide bonds. The standard InChI is InChI=1S/C15H16FN3O/c1-10(2)18-15(20)11-7-12(9-17-8-11)19-14-6-4-3-5-13(14)16/h3-10,19H,1-2H3,(H,18,20). The lowest BCUT2D eigenvalue weighted by molar-refractivity contribution is 0.0943. The summed E-state index contributed by atoms with van der Waals surface area (Å²) in [4.78, 5) is 15.9. The van der Waals surface area contributed by atoms with Gasteiger partial charge in [0, 0.05) is 12.2 Å². The lowest BCUT2D eigenvalue weighted by Crippen LogP contribution is -2.30. The molecule has 1 aromatic carbocycles. The third-order valence-corrected chi connectivity index (χ3v) is 2.57. The molecule has 0 aliphatic heterocycles. The van der Waals surface area contributed by atoms with Gasteiger partial charge in [0.25, 0.3) is 5.91 Å². The van der Waals surface area contributed by atoms with E-state index in [1.165, 1.54) is 12.3 Å². The van der Waals surface area contributed by atoms with E-state index in [1.54, 1.807) is 30.5 Å². The molecule has 0 radical (unpaired) electrons. The summed E-state index contributed by atoms with van der Waals surface area (Å²) in [7, 11) is 0. The molecule has 0 aliphatic rings. The van der Waals surface area contributed by atoms with E-state index in [0.29, 0.717) is 16.9 Å². The molecule has 2 aromatic rings. The number of halogens is 1. The Bertz CT molecular complexity index is 614. The van der Waals surface area contributed by atoms with E-state index in [1.807, 2.05) is 13.8 Å². The highest BCUT2D eigenvalue weighted by Crippen LogP contribution is 2.19. The molecule has 1 aromatic heterocycles. The molecule has 0 spiro atoms. The summed E-state index contributed by atoms with van der Waals surface area (Å²) in [6, 6.07) is 8.02. The summed E-state index contributed by atoms with van der Waals surface area (Å²) in [5.41, 5.74) is 1.34. The lowest BCUT2D eigenvalue weighted by Gasteiger charge is -2.10. The number of anilines is 2. The molecule has 1 heterocycles. The number of nitrogens with zero attached hydrogens (tertiary/aromatic N) is 1. The van der Waals surface area contributed by atoms with Gasteiger partial charge in [-0.25, -0.2) is 4.39 Å². The smallest absolute Gasteiger partial charge is 0.253 e.